The lowest BCUT2D eigenvalue weighted by Gasteiger charge is -2.38. The first-order chi connectivity index (χ1) is 7.58. The highest BCUT2D eigenvalue weighted by Gasteiger charge is 2.45. The lowest BCUT2D eigenvalue weighted by molar-refractivity contribution is 0.0981. The molecule has 2 N–H and O–H groups in total. The summed E-state index contributed by atoms with van der Waals surface area (Å²) in [7, 11) is -2.89. The molecule has 94 valence electrons. The van der Waals surface area contributed by atoms with Gasteiger partial charge in [-0.25, -0.2) is 8.42 Å². The van der Waals surface area contributed by atoms with E-state index in [1.807, 2.05) is 0 Å². The van der Waals surface area contributed by atoms with Gasteiger partial charge in [0, 0.05) is 31.8 Å². The smallest absolute Gasteiger partial charge is 0.152 e. The van der Waals surface area contributed by atoms with Crippen molar-refractivity contribution in [3.8, 4) is 0 Å². The Bertz CT molecular complexity index is 336. The lowest BCUT2D eigenvalue weighted by Crippen LogP contribution is -2.55. The van der Waals surface area contributed by atoms with Gasteiger partial charge >= 0.3 is 0 Å². The van der Waals surface area contributed by atoms with Gasteiger partial charge < -0.3 is 10.5 Å². The zero-order valence-electron chi connectivity index (χ0n) is 9.52. The van der Waals surface area contributed by atoms with E-state index in [0.29, 0.717) is 19.6 Å². The SMILES string of the molecule is NCC1(N2CCCOCC2)CCS(=O)(=O)C1. The van der Waals surface area contributed by atoms with Crippen molar-refractivity contribution in [3.63, 3.8) is 0 Å². The number of ether oxygens (including phenoxy) is 1. The van der Waals surface area contributed by atoms with E-state index < -0.39 is 9.84 Å². The summed E-state index contributed by atoms with van der Waals surface area (Å²) in [6.45, 7) is 3.57. The van der Waals surface area contributed by atoms with Gasteiger partial charge in [-0.1, -0.05) is 0 Å². The number of nitrogens with zero attached hydrogens (tertiary/aromatic N) is 1. The molecule has 0 radical (unpaired) electrons. The summed E-state index contributed by atoms with van der Waals surface area (Å²) in [6.07, 6.45) is 1.63. The normalized spacial score (nSPS) is 36.1. The molecule has 2 heterocycles. The standard InChI is InChI=1S/C10H20N2O3S/c11-8-10(2-7-16(13,14)9-10)12-3-1-5-15-6-4-12/h1-9,11H2. The zero-order valence-corrected chi connectivity index (χ0v) is 10.3. The minimum Gasteiger partial charge on any atom is -0.380 e. The topological polar surface area (TPSA) is 72.6 Å². The maximum atomic E-state index is 11.6. The van der Waals surface area contributed by atoms with Gasteiger partial charge in [0.25, 0.3) is 0 Å². The average Bonchev–Trinajstić information content (AvgIpc) is 2.47. The van der Waals surface area contributed by atoms with Crippen LogP contribution in [0.15, 0.2) is 0 Å². The molecule has 2 rings (SSSR count). The third-order valence-corrected chi connectivity index (χ3v) is 5.44. The Hall–Kier alpha value is -0.170. The molecule has 2 aliphatic heterocycles. The minimum absolute atomic E-state index is 0.219. The van der Waals surface area contributed by atoms with Crippen LogP contribution in [0.3, 0.4) is 0 Å². The molecule has 0 bridgehead atoms. The first kappa shape index (κ1) is 12.3. The molecule has 5 nitrogen and oxygen atoms in total. The second kappa shape index (κ2) is 4.60. The van der Waals surface area contributed by atoms with Crippen molar-refractivity contribution in [1.82, 2.24) is 4.90 Å². The number of hydrogen-bond acceptors (Lipinski definition) is 5. The van der Waals surface area contributed by atoms with Gasteiger partial charge in [0.1, 0.15) is 0 Å². The Morgan fingerprint density at radius 2 is 2.12 bits per heavy atom. The van der Waals surface area contributed by atoms with Crippen LogP contribution >= 0.6 is 0 Å². The summed E-state index contributed by atoms with van der Waals surface area (Å²) in [5, 5.41) is 0. The van der Waals surface area contributed by atoms with Crippen molar-refractivity contribution >= 4 is 9.84 Å². The van der Waals surface area contributed by atoms with E-state index >= 15 is 0 Å². The molecule has 2 fully saturated rings. The molecular weight excluding hydrogens is 228 g/mol. The van der Waals surface area contributed by atoms with Crippen molar-refractivity contribution in [2.75, 3.05) is 44.4 Å². The van der Waals surface area contributed by atoms with Crippen LogP contribution in [0.25, 0.3) is 0 Å². The van der Waals surface area contributed by atoms with Gasteiger partial charge in [-0.2, -0.15) is 0 Å². The average molecular weight is 248 g/mol. The van der Waals surface area contributed by atoms with Crippen LogP contribution in [-0.4, -0.2) is 63.2 Å². The number of rotatable bonds is 2. The maximum Gasteiger partial charge on any atom is 0.152 e. The fourth-order valence-corrected chi connectivity index (χ4v) is 4.76. The first-order valence-corrected chi connectivity index (χ1v) is 7.63. The number of nitrogens with two attached hydrogens (primary N) is 1. The second-order valence-electron chi connectivity index (χ2n) is 4.72. The molecular formula is C10H20N2O3S. The molecule has 0 aliphatic carbocycles. The molecule has 1 atom stereocenters. The van der Waals surface area contributed by atoms with E-state index in [-0.39, 0.29) is 17.0 Å². The Morgan fingerprint density at radius 1 is 1.31 bits per heavy atom. The lowest BCUT2D eigenvalue weighted by atomic mass is 9.96. The van der Waals surface area contributed by atoms with E-state index in [2.05, 4.69) is 4.90 Å². The summed E-state index contributed by atoms with van der Waals surface area (Å²) in [6, 6.07) is 0. The summed E-state index contributed by atoms with van der Waals surface area (Å²) < 4.78 is 28.6. The van der Waals surface area contributed by atoms with Crippen molar-refractivity contribution in [1.29, 1.82) is 0 Å². The van der Waals surface area contributed by atoms with Gasteiger partial charge in [0.05, 0.1) is 18.1 Å². The Morgan fingerprint density at radius 3 is 2.75 bits per heavy atom. The maximum absolute atomic E-state index is 11.6. The second-order valence-corrected chi connectivity index (χ2v) is 6.91. The highest BCUT2D eigenvalue weighted by Crippen LogP contribution is 2.29. The van der Waals surface area contributed by atoms with Gasteiger partial charge in [-0.3, -0.25) is 4.90 Å². The highest BCUT2D eigenvalue weighted by molar-refractivity contribution is 7.91. The summed E-state index contributed by atoms with van der Waals surface area (Å²) in [4.78, 5) is 2.23. The van der Waals surface area contributed by atoms with Crippen LogP contribution in [0.5, 0.6) is 0 Å². The van der Waals surface area contributed by atoms with Crippen LogP contribution in [0.4, 0.5) is 0 Å². The molecule has 16 heavy (non-hydrogen) atoms. The van der Waals surface area contributed by atoms with Crippen molar-refractivity contribution in [3.05, 3.63) is 0 Å². The zero-order chi connectivity index (χ0) is 11.6. The first-order valence-electron chi connectivity index (χ1n) is 5.81. The van der Waals surface area contributed by atoms with Gasteiger partial charge in [0.15, 0.2) is 9.84 Å². The number of hydrogen-bond donors (Lipinski definition) is 1. The fourth-order valence-electron chi connectivity index (χ4n) is 2.66. The molecule has 1 unspecified atom stereocenters. The summed E-state index contributed by atoms with van der Waals surface area (Å²) in [5.74, 6) is 0.498. The quantitative estimate of drug-likeness (QED) is 0.694. The van der Waals surface area contributed by atoms with Gasteiger partial charge in [-0.05, 0) is 12.8 Å². The molecule has 2 saturated heterocycles. The van der Waals surface area contributed by atoms with E-state index in [9.17, 15) is 8.42 Å². The van der Waals surface area contributed by atoms with Crippen LogP contribution in [0, 0.1) is 0 Å². The number of sulfone groups is 1. The van der Waals surface area contributed by atoms with E-state index in [0.717, 1.165) is 26.1 Å². The molecule has 6 heteroatoms. The van der Waals surface area contributed by atoms with Crippen molar-refractivity contribution in [2.24, 2.45) is 5.73 Å². The van der Waals surface area contributed by atoms with Crippen LogP contribution in [0.2, 0.25) is 0 Å². The van der Waals surface area contributed by atoms with Crippen LogP contribution in [-0.2, 0) is 14.6 Å². The third kappa shape index (κ3) is 2.40. The molecule has 2 aliphatic rings. The Balaban J connectivity index is 2.14. The van der Waals surface area contributed by atoms with Crippen molar-refractivity contribution < 1.29 is 13.2 Å². The third-order valence-electron chi connectivity index (χ3n) is 3.64. The largest absolute Gasteiger partial charge is 0.380 e. The van der Waals surface area contributed by atoms with E-state index in [4.69, 9.17) is 10.5 Å². The van der Waals surface area contributed by atoms with E-state index in [1.165, 1.54) is 0 Å². The van der Waals surface area contributed by atoms with Gasteiger partial charge in [0.2, 0.25) is 0 Å². The predicted molar refractivity (Wildman–Crippen MR) is 62.1 cm³/mol. The molecule has 0 saturated carbocycles. The molecule has 0 aromatic carbocycles. The fraction of sp³-hybridized carbons (Fsp3) is 1.00. The highest BCUT2D eigenvalue weighted by atomic mass is 32.2. The summed E-state index contributed by atoms with van der Waals surface area (Å²) >= 11 is 0. The molecule has 0 aromatic heterocycles. The summed E-state index contributed by atoms with van der Waals surface area (Å²) in [5.41, 5.74) is 5.50. The monoisotopic (exact) mass is 248 g/mol. The molecule has 0 aromatic rings. The predicted octanol–water partition coefficient (Wildman–Crippen LogP) is -0.775. The Kier molecular flexibility index (Phi) is 3.53. The van der Waals surface area contributed by atoms with Gasteiger partial charge in [-0.15, -0.1) is 0 Å². The van der Waals surface area contributed by atoms with Crippen LogP contribution in [0.1, 0.15) is 12.8 Å². The molecule has 0 spiro atoms. The minimum atomic E-state index is -2.89. The van der Waals surface area contributed by atoms with Crippen molar-refractivity contribution in [2.45, 2.75) is 18.4 Å². The van der Waals surface area contributed by atoms with Crippen LogP contribution < -0.4 is 5.73 Å². The Labute approximate surface area is 96.9 Å². The van der Waals surface area contributed by atoms with E-state index in [1.54, 1.807) is 0 Å². The molecule has 0 amide bonds.